The first-order valence-electron chi connectivity index (χ1n) is 14.2. The predicted octanol–water partition coefficient (Wildman–Crippen LogP) is 6.89. The number of benzene rings is 1. The molecule has 216 valence electrons. The molecule has 6 nitrogen and oxygen atoms in total. The van der Waals surface area contributed by atoms with Crippen molar-refractivity contribution in [2.45, 2.75) is 130 Å². The second-order valence-electron chi connectivity index (χ2n) is 14.5. The third kappa shape index (κ3) is 7.52. The van der Waals surface area contributed by atoms with Crippen molar-refractivity contribution in [3.8, 4) is 5.75 Å². The molecule has 0 radical (unpaired) electrons. The van der Waals surface area contributed by atoms with Crippen LogP contribution in [0.5, 0.6) is 5.75 Å². The van der Waals surface area contributed by atoms with E-state index in [9.17, 15) is 14.7 Å². The third-order valence-electron chi connectivity index (χ3n) is 8.23. The summed E-state index contributed by atoms with van der Waals surface area (Å²) in [6.07, 6.45) is 3.05. The summed E-state index contributed by atoms with van der Waals surface area (Å²) < 4.78 is 11.5. The number of piperidine rings is 1. The molecular formula is C32H53NO5. The van der Waals surface area contributed by atoms with Gasteiger partial charge < -0.3 is 14.6 Å². The van der Waals surface area contributed by atoms with Gasteiger partial charge in [-0.15, -0.1) is 0 Å². The van der Waals surface area contributed by atoms with Crippen LogP contribution in [0.4, 0.5) is 0 Å². The Labute approximate surface area is 231 Å². The van der Waals surface area contributed by atoms with Gasteiger partial charge in [0.05, 0.1) is 6.61 Å². The quantitative estimate of drug-likeness (QED) is 0.224. The number of rotatable bonds is 8. The molecule has 0 saturated carbocycles. The van der Waals surface area contributed by atoms with Crippen molar-refractivity contribution in [2.75, 3.05) is 13.7 Å². The molecule has 38 heavy (non-hydrogen) atoms. The average Bonchev–Trinajstić information content (AvgIpc) is 2.75. The highest BCUT2D eigenvalue weighted by Crippen LogP contribution is 2.44. The maximum Gasteiger partial charge on any atom is 0.320 e. The lowest BCUT2D eigenvalue weighted by molar-refractivity contribution is -0.169. The van der Waals surface area contributed by atoms with Crippen LogP contribution < -0.4 is 0 Å². The summed E-state index contributed by atoms with van der Waals surface area (Å²) in [5.74, 6) is -1.89. The number of hydrogen-bond acceptors (Lipinski definition) is 6. The molecule has 1 aromatic rings. The maximum absolute atomic E-state index is 13.6. The summed E-state index contributed by atoms with van der Waals surface area (Å²) in [4.78, 5) is 29.3. The lowest BCUT2D eigenvalue weighted by Gasteiger charge is -2.54. The number of hydrogen-bond donors (Lipinski definition) is 1. The number of ether oxygens (including phenoxy) is 2. The maximum atomic E-state index is 13.6. The van der Waals surface area contributed by atoms with E-state index in [0.717, 1.165) is 29.5 Å². The molecular weight excluding hydrogens is 478 g/mol. The zero-order valence-corrected chi connectivity index (χ0v) is 26.1. The van der Waals surface area contributed by atoms with E-state index >= 15 is 0 Å². The Morgan fingerprint density at radius 1 is 0.947 bits per heavy atom. The minimum Gasteiger partial charge on any atom is -0.507 e. The molecule has 2 rings (SSSR count). The number of phenols is 1. The van der Waals surface area contributed by atoms with E-state index in [1.165, 1.54) is 0 Å². The Bertz CT molecular complexity index is 943. The van der Waals surface area contributed by atoms with E-state index in [-0.39, 0.29) is 40.2 Å². The largest absolute Gasteiger partial charge is 0.507 e. The van der Waals surface area contributed by atoms with Crippen molar-refractivity contribution in [2.24, 2.45) is 11.8 Å². The van der Waals surface area contributed by atoms with Gasteiger partial charge in [0.2, 0.25) is 0 Å². The van der Waals surface area contributed by atoms with Crippen LogP contribution in [0.25, 0.3) is 0 Å². The molecule has 0 spiro atoms. The number of nitrogens with zero attached hydrogens (tertiary/aromatic N) is 1. The summed E-state index contributed by atoms with van der Waals surface area (Å²) in [6, 6.07) is 3.82. The van der Waals surface area contributed by atoms with Crippen LogP contribution in [0.1, 0.15) is 119 Å². The summed E-state index contributed by atoms with van der Waals surface area (Å²) in [5.41, 5.74) is 1.47. The fourth-order valence-electron chi connectivity index (χ4n) is 5.74. The van der Waals surface area contributed by atoms with Crippen molar-refractivity contribution >= 4 is 11.9 Å². The first-order valence-corrected chi connectivity index (χ1v) is 14.2. The van der Waals surface area contributed by atoms with Crippen LogP contribution >= 0.6 is 0 Å². The van der Waals surface area contributed by atoms with Crippen LogP contribution in [-0.4, -0.2) is 46.7 Å². The van der Waals surface area contributed by atoms with Gasteiger partial charge in [-0.2, -0.15) is 0 Å². The molecule has 0 aromatic heterocycles. The normalized spacial score (nSPS) is 19.2. The molecule has 1 atom stereocenters. The summed E-state index contributed by atoms with van der Waals surface area (Å²) in [6.45, 7) is 23.3. The van der Waals surface area contributed by atoms with Gasteiger partial charge in [0.15, 0.2) is 5.92 Å². The highest BCUT2D eigenvalue weighted by Gasteiger charge is 2.49. The van der Waals surface area contributed by atoms with Crippen LogP contribution in [0, 0.1) is 11.8 Å². The molecule has 1 aliphatic rings. The number of esters is 2. The van der Waals surface area contributed by atoms with Crippen LogP contribution in [0.15, 0.2) is 12.1 Å². The van der Waals surface area contributed by atoms with E-state index in [1.54, 1.807) is 0 Å². The summed E-state index contributed by atoms with van der Waals surface area (Å²) in [5, 5.41) is 11.0. The van der Waals surface area contributed by atoms with E-state index in [1.807, 2.05) is 19.1 Å². The molecule has 6 heteroatoms. The number of carbonyl (C=O) groups excluding carboxylic acids is 2. The number of likely N-dealkylation sites (tertiary alicyclic amines) is 1. The molecule has 0 amide bonds. The van der Waals surface area contributed by atoms with Gasteiger partial charge in [0, 0.05) is 11.1 Å². The Balaban J connectivity index is 2.39. The zero-order valence-electron chi connectivity index (χ0n) is 26.1. The molecule has 1 saturated heterocycles. The average molecular weight is 532 g/mol. The van der Waals surface area contributed by atoms with Gasteiger partial charge in [-0.25, -0.2) is 0 Å². The van der Waals surface area contributed by atoms with Crippen molar-refractivity contribution in [3.05, 3.63) is 28.8 Å². The van der Waals surface area contributed by atoms with E-state index in [2.05, 4.69) is 81.2 Å². The molecule has 1 aliphatic heterocycles. The first-order chi connectivity index (χ1) is 17.2. The van der Waals surface area contributed by atoms with Crippen LogP contribution in [0.3, 0.4) is 0 Å². The van der Waals surface area contributed by atoms with Gasteiger partial charge in [-0.05, 0) is 99.6 Å². The molecule has 1 aromatic carbocycles. The standard InChI is InChI=1S/C32H53NO5/c1-13-14-15-37-27(35)25(22-18-31(8,9)33(12)32(10,11)19-22)28(36)38-20-21-16-23(29(2,3)4)26(34)24(17-21)30(5,6)7/h16-17,22,25,34H,13-15,18-20H2,1-12H3. The lowest BCUT2D eigenvalue weighted by Crippen LogP contribution is -2.60. The van der Waals surface area contributed by atoms with Crippen molar-refractivity contribution in [1.29, 1.82) is 0 Å². The highest BCUT2D eigenvalue weighted by molar-refractivity contribution is 5.95. The van der Waals surface area contributed by atoms with Crippen LogP contribution in [-0.2, 0) is 36.5 Å². The SMILES string of the molecule is CCCCOC(=O)C(C(=O)OCc1cc(C(C)(C)C)c(O)c(C(C)(C)C)c1)C1CC(C)(C)N(C)C(C)(C)C1. The van der Waals surface area contributed by atoms with Gasteiger partial charge in [0.1, 0.15) is 12.4 Å². The Morgan fingerprint density at radius 2 is 1.39 bits per heavy atom. The minimum absolute atomic E-state index is 0.0312. The minimum atomic E-state index is -0.972. The number of aromatic hydroxyl groups is 1. The first kappa shape index (κ1) is 32.1. The van der Waals surface area contributed by atoms with Gasteiger partial charge >= 0.3 is 11.9 Å². The topological polar surface area (TPSA) is 76.1 Å². The fraction of sp³-hybridized carbons (Fsp3) is 0.750. The molecule has 0 bridgehead atoms. The van der Waals surface area contributed by atoms with Gasteiger partial charge in [0.25, 0.3) is 0 Å². The summed E-state index contributed by atoms with van der Waals surface area (Å²) >= 11 is 0. The summed E-state index contributed by atoms with van der Waals surface area (Å²) in [7, 11) is 2.10. The Morgan fingerprint density at radius 3 is 1.82 bits per heavy atom. The predicted molar refractivity (Wildman–Crippen MR) is 153 cm³/mol. The fourth-order valence-corrected chi connectivity index (χ4v) is 5.74. The lowest BCUT2D eigenvalue weighted by atomic mass is 9.69. The molecule has 1 fully saturated rings. The monoisotopic (exact) mass is 531 g/mol. The molecule has 1 heterocycles. The Hall–Kier alpha value is -2.08. The second-order valence-corrected chi connectivity index (χ2v) is 14.5. The van der Waals surface area contributed by atoms with E-state index in [0.29, 0.717) is 19.4 Å². The second kappa shape index (κ2) is 11.6. The number of carbonyl (C=O) groups is 2. The van der Waals surface area contributed by atoms with E-state index in [4.69, 9.17) is 9.47 Å². The Kier molecular flexibility index (Phi) is 9.79. The highest BCUT2D eigenvalue weighted by atomic mass is 16.6. The third-order valence-corrected chi connectivity index (χ3v) is 8.23. The van der Waals surface area contributed by atoms with Gasteiger partial charge in [-0.3, -0.25) is 14.5 Å². The van der Waals surface area contributed by atoms with Crippen molar-refractivity contribution < 1.29 is 24.2 Å². The zero-order chi connectivity index (χ0) is 29.3. The van der Waals surface area contributed by atoms with Crippen molar-refractivity contribution in [3.63, 3.8) is 0 Å². The smallest absolute Gasteiger partial charge is 0.320 e. The molecule has 1 unspecified atom stereocenters. The number of phenolic OH excluding ortho intramolecular Hbond substituents is 1. The molecule has 0 aliphatic carbocycles. The molecule has 1 N–H and O–H groups in total. The van der Waals surface area contributed by atoms with Gasteiger partial charge in [-0.1, -0.05) is 54.9 Å². The van der Waals surface area contributed by atoms with Crippen LogP contribution in [0.2, 0.25) is 0 Å². The number of unbranched alkanes of at least 4 members (excludes halogenated alkanes) is 1. The van der Waals surface area contributed by atoms with E-state index < -0.39 is 17.9 Å². The van der Waals surface area contributed by atoms with Crippen molar-refractivity contribution in [1.82, 2.24) is 4.90 Å².